The first kappa shape index (κ1) is 16.7. The van der Waals surface area contributed by atoms with Crippen LogP contribution in [0, 0.1) is 29.1 Å². The third-order valence-corrected chi connectivity index (χ3v) is 6.39. The number of hydrogen-bond donors (Lipinski definition) is 1. The third-order valence-electron chi connectivity index (χ3n) is 6.39. The summed E-state index contributed by atoms with van der Waals surface area (Å²) in [5.74, 6) is 2.05. The maximum atomic E-state index is 12.2. The van der Waals surface area contributed by atoms with Crippen molar-refractivity contribution in [3.8, 4) is 0 Å². The van der Waals surface area contributed by atoms with E-state index in [0.29, 0.717) is 23.5 Å². The Kier molecular flexibility index (Phi) is 4.68. The molecule has 0 bridgehead atoms. The van der Waals surface area contributed by atoms with Gasteiger partial charge in [-0.15, -0.1) is 0 Å². The second-order valence-electron chi connectivity index (χ2n) is 8.25. The quantitative estimate of drug-likeness (QED) is 0.781. The topological polar surface area (TPSA) is 37.3 Å². The highest BCUT2D eigenvalue weighted by atomic mass is 16.3. The molecule has 0 saturated heterocycles. The van der Waals surface area contributed by atoms with Crippen LogP contribution in [0.4, 0.5) is 0 Å². The van der Waals surface area contributed by atoms with Crippen LogP contribution >= 0.6 is 0 Å². The fraction of sp³-hybridized carbons (Fsp3) is 0.842. The Labute approximate surface area is 130 Å². The molecule has 0 radical (unpaired) electrons. The normalized spacial score (nSPS) is 36.8. The summed E-state index contributed by atoms with van der Waals surface area (Å²) < 4.78 is 0. The van der Waals surface area contributed by atoms with Gasteiger partial charge in [-0.3, -0.25) is 4.79 Å². The zero-order valence-corrected chi connectivity index (χ0v) is 14.4. The molecule has 2 aliphatic rings. The van der Waals surface area contributed by atoms with E-state index < -0.39 is 5.60 Å². The molecule has 0 aromatic heterocycles. The molecule has 0 aromatic rings. The molecule has 0 amide bonds. The highest BCUT2D eigenvalue weighted by Gasteiger charge is 2.51. The summed E-state index contributed by atoms with van der Waals surface area (Å²) in [4.78, 5) is 12.2. The largest absolute Gasteiger partial charge is 0.390 e. The van der Waals surface area contributed by atoms with Crippen LogP contribution in [0.5, 0.6) is 0 Å². The van der Waals surface area contributed by atoms with Gasteiger partial charge in [-0.25, -0.2) is 0 Å². The maximum absolute atomic E-state index is 12.2. The third kappa shape index (κ3) is 3.26. The molecule has 0 spiro atoms. The van der Waals surface area contributed by atoms with Gasteiger partial charge in [-0.2, -0.15) is 0 Å². The Morgan fingerprint density at radius 1 is 1.29 bits per heavy atom. The first-order valence-electron chi connectivity index (χ1n) is 8.59. The van der Waals surface area contributed by atoms with Crippen molar-refractivity contribution in [1.29, 1.82) is 0 Å². The SMILES string of the molecule is CC(/C=C/[C@H](C)C(C)(C)O)C1CC[C@H]2C(=O)CCC[C@]12C. The predicted octanol–water partition coefficient (Wildman–Crippen LogP) is 4.37. The smallest absolute Gasteiger partial charge is 0.136 e. The molecule has 2 nitrogen and oxygen atoms in total. The van der Waals surface area contributed by atoms with E-state index in [2.05, 4.69) is 32.9 Å². The molecule has 0 aliphatic heterocycles. The fourth-order valence-corrected chi connectivity index (χ4v) is 4.55. The zero-order valence-electron chi connectivity index (χ0n) is 14.4. The molecular formula is C19H32O2. The van der Waals surface area contributed by atoms with Crippen LogP contribution in [-0.4, -0.2) is 16.5 Å². The molecule has 2 unspecified atom stereocenters. The van der Waals surface area contributed by atoms with Crippen molar-refractivity contribution < 1.29 is 9.90 Å². The van der Waals surface area contributed by atoms with Gasteiger partial charge in [0.15, 0.2) is 0 Å². The first-order chi connectivity index (χ1) is 9.66. The minimum absolute atomic E-state index is 0.151. The lowest BCUT2D eigenvalue weighted by Gasteiger charge is -2.41. The van der Waals surface area contributed by atoms with Gasteiger partial charge in [0.25, 0.3) is 0 Å². The van der Waals surface area contributed by atoms with Crippen molar-refractivity contribution in [3.05, 3.63) is 12.2 Å². The molecule has 5 atom stereocenters. The summed E-state index contributed by atoms with van der Waals surface area (Å²) in [7, 11) is 0. The standard InChI is InChI=1S/C19H32O2/c1-13(8-9-14(2)18(3,4)21)15-10-11-16-17(20)7-6-12-19(15,16)5/h8-9,13-16,21H,6-7,10-12H2,1-5H3/b9-8+/t13?,14-,15?,16-,19+/m0/s1. The van der Waals surface area contributed by atoms with E-state index in [1.54, 1.807) is 0 Å². The molecule has 0 aromatic carbocycles. The summed E-state index contributed by atoms with van der Waals surface area (Å²) in [6, 6.07) is 0. The number of Topliss-reactive ketones (excluding diaryl/α,β-unsaturated/α-hetero) is 1. The number of carbonyl (C=O) groups excluding carboxylic acids is 1. The van der Waals surface area contributed by atoms with Crippen molar-refractivity contribution in [2.75, 3.05) is 0 Å². The van der Waals surface area contributed by atoms with E-state index in [0.717, 1.165) is 19.3 Å². The van der Waals surface area contributed by atoms with Crippen LogP contribution in [0.3, 0.4) is 0 Å². The molecule has 2 heteroatoms. The van der Waals surface area contributed by atoms with E-state index >= 15 is 0 Å². The number of hydrogen-bond acceptors (Lipinski definition) is 2. The summed E-state index contributed by atoms with van der Waals surface area (Å²) in [6.45, 7) is 10.4. The maximum Gasteiger partial charge on any atom is 0.136 e. The highest BCUT2D eigenvalue weighted by Crippen LogP contribution is 2.56. The Morgan fingerprint density at radius 3 is 2.57 bits per heavy atom. The summed E-state index contributed by atoms with van der Waals surface area (Å²) in [6.07, 6.45) is 9.76. The van der Waals surface area contributed by atoms with Crippen molar-refractivity contribution in [3.63, 3.8) is 0 Å². The molecule has 21 heavy (non-hydrogen) atoms. The molecule has 2 fully saturated rings. The van der Waals surface area contributed by atoms with Crippen molar-refractivity contribution in [2.24, 2.45) is 29.1 Å². The summed E-state index contributed by atoms with van der Waals surface area (Å²) in [5, 5.41) is 10.0. The van der Waals surface area contributed by atoms with Crippen molar-refractivity contribution >= 4 is 5.78 Å². The average Bonchev–Trinajstić information content (AvgIpc) is 2.73. The Hall–Kier alpha value is -0.630. The van der Waals surface area contributed by atoms with E-state index in [4.69, 9.17) is 0 Å². The molecule has 0 heterocycles. The monoisotopic (exact) mass is 292 g/mol. The predicted molar refractivity (Wildman–Crippen MR) is 86.9 cm³/mol. The minimum Gasteiger partial charge on any atom is -0.390 e. The highest BCUT2D eigenvalue weighted by molar-refractivity contribution is 5.83. The van der Waals surface area contributed by atoms with Gasteiger partial charge in [-0.05, 0) is 56.8 Å². The van der Waals surface area contributed by atoms with Crippen LogP contribution in [-0.2, 0) is 4.79 Å². The second kappa shape index (κ2) is 5.87. The van der Waals surface area contributed by atoms with Gasteiger partial charge < -0.3 is 5.11 Å². The number of ketones is 1. The van der Waals surface area contributed by atoms with E-state index in [-0.39, 0.29) is 11.3 Å². The van der Waals surface area contributed by atoms with Crippen LogP contribution in [0.1, 0.15) is 66.7 Å². The number of carbonyl (C=O) groups is 1. The lowest BCUT2D eigenvalue weighted by Crippen LogP contribution is -2.39. The van der Waals surface area contributed by atoms with Crippen molar-refractivity contribution in [1.82, 2.24) is 0 Å². The van der Waals surface area contributed by atoms with E-state index in [9.17, 15) is 9.90 Å². The van der Waals surface area contributed by atoms with Gasteiger partial charge in [-0.1, -0.05) is 32.9 Å². The first-order valence-corrected chi connectivity index (χ1v) is 8.59. The van der Waals surface area contributed by atoms with Gasteiger partial charge >= 0.3 is 0 Å². The Balaban J connectivity index is 2.08. The van der Waals surface area contributed by atoms with E-state index in [1.807, 2.05) is 13.8 Å². The minimum atomic E-state index is -0.668. The van der Waals surface area contributed by atoms with E-state index in [1.165, 1.54) is 12.8 Å². The summed E-state index contributed by atoms with van der Waals surface area (Å²) >= 11 is 0. The van der Waals surface area contributed by atoms with Gasteiger partial charge in [0, 0.05) is 18.3 Å². The Bertz CT molecular complexity index is 418. The molecule has 1 N–H and O–H groups in total. The molecular weight excluding hydrogens is 260 g/mol. The van der Waals surface area contributed by atoms with Crippen molar-refractivity contribution in [2.45, 2.75) is 72.3 Å². The van der Waals surface area contributed by atoms with Gasteiger partial charge in [0.1, 0.15) is 5.78 Å². The number of rotatable bonds is 4. The lowest BCUT2D eigenvalue weighted by molar-refractivity contribution is -0.129. The lowest BCUT2D eigenvalue weighted by atomic mass is 9.62. The van der Waals surface area contributed by atoms with Crippen LogP contribution in [0.2, 0.25) is 0 Å². The zero-order chi connectivity index (χ0) is 15.8. The van der Waals surface area contributed by atoms with Gasteiger partial charge in [0.05, 0.1) is 5.60 Å². The van der Waals surface area contributed by atoms with Crippen LogP contribution in [0.15, 0.2) is 12.2 Å². The Morgan fingerprint density at radius 2 is 1.95 bits per heavy atom. The summed E-state index contributed by atoms with van der Waals surface area (Å²) in [5.41, 5.74) is -0.462. The van der Waals surface area contributed by atoms with Crippen LogP contribution < -0.4 is 0 Å². The number of aliphatic hydroxyl groups is 1. The second-order valence-corrected chi connectivity index (χ2v) is 8.25. The fourth-order valence-electron chi connectivity index (χ4n) is 4.55. The molecule has 120 valence electrons. The number of fused-ring (bicyclic) bond motifs is 1. The molecule has 2 rings (SSSR count). The van der Waals surface area contributed by atoms with Crippen LogP contribution in [0.25, 0.3) is 0 Å². The molecule has 2 saturated carbocycles. The van der Waals surface area contributed by atoms with Gasteiger partial charge in [0.2, 0.25) is 0 Å². The number of allylic oxidation sites excluding steroid dienone is 1. The molecule has 2 aliphatic carbocycles. The average molecular weight is 292 g/mol.